The van der Waals surface area contributed by atoms with Gasteiger partial charge in [0.2, 0.25) is 0 Å². The first kappa shape index (κ1) is 14.9. The first-order chi connectivity index (χ1) is 6.95. The highest BCUT2D eigenvalue weighted by molar-refractivity contribution is 4.58. The third-order valence-electron chi connectivity index (χ3n) is 1.91. The molecule has 0 aliphatic heterocycles. The Kier molecular flexibility index (Phi) is 8.02. The molecule has 0 fully saturated rings. The third kappa shape index (κ3) is 11.8. The Balaban J connectivity index is 3.23. The standard InChI is InChI=1S/C12H27NO2/c1-6-13-9-11(2)10-14-7-8-15-12(3,4)5/h11,13H,6-10H2,1-5H3. The van der Waals surface area contributed by atoms with Gasteiger partial charge in [-0.15, -0.1) is 0 Å². The number of rotatable bonds is 8. The van der Waals surface area contributed by atoms with Crippen LogP contribution < -0.4 is 5.32 Å². The topological polar surface area (TPSA) is 30.5 Å². The smallest absolute Gasteiger partial charge is 0.0707 e. The van der Waals surface area contributed by atoms with E-state index in [1.807, 2.05) is 0 Å². The van der Waals surface area contributed by atoms with Gasteiger partial charge in [0.05, 0.1) is 25.4 Å². The first-order valence-electron chi connectivity index (χ1n) is 5.88. The number of hydrogen-bond donors (Lipinski definition) is 1. The zero-order valence-electron chi connectivity index (χ0n) is 10.9. The molecular weight excluding hydrogens is 190 g/mol. The number of hydrogen-bond acceptors (Lipinski definition) is 3. The molecule has 0 aliphatic carbocycles. The van der Waals surface area contributed by atoms with Crippen LogP contribution in [0.25, 0.3) is 0 Å². The molecule has 92 valence electrons. The number of ether oxygens (including phenoxy) is 2. The van der Waals surface area contributed by atoms with Crippen LogP contribution in [-0.4, -0.2) is 38.5 Å². The van der Waals surface area contributed by atoms with E-state index in [-0.39, 0.29) is 5.60 Å². The molecule has 1 unspecified atom stereocenters. The zero-order valence-corrected chi connectivity index (χ0v) is 10.9. The molecule has 1 N–H and O–H groups in total. The van der Waals surface area contributed by atoms with E-state index in [9.17, 15) is 0 Å². The van der Waals surface area contributed by atoms with Crippen molar-refractivity contribution in [2.24, 2.45) is 5.92 Å². The fraction of sp³-hybridized carbons (Fsp3) is 1.00. The Hall–Kier alpha value is -0.120. The summed E-state index contributed by atoms with van der Waals surface area (Å²) in [4.78, 5) is 0. The van der Waals surface area contributed by atoms with Crippen molar-refractivity contribution in [3.8, 4) is 0 Å². The molecule has 0 aromatic carbocycles. The summed E-state index contributed by atoms with van der Waals surface area (Å²) in [5.74, 6) is 0.569. The average Bonchev–Trinajstić information content (AvgIpc) is 2.12. The predicted molar refractivity (Wildman–Crippen MR) is 64.2 cm³/mol. The van der Waals surface area contributed by atoms with Gasteiger partial charge in [-0.25, -0.2) is 0 Å². The lowest BCUT2D eigenvalue weighted by atomic mass is 10.2. The lowest BCUT2D eigenvalue weighted by Crippen LogP contribution is -2.25. The lowest BCUT2D eigenvalue weighted by molar-refractivity contribution is -0.0384. The molecule has 0 saturated carbocycles. The minimum absolute atomic E-state index is 0.0568. The quantitative estimate of drug-likeness (QED) is 0.631. The Morgan fingerprint density at radius 3 is 2.40 bits per heavy atom. The lowest BCUT2D eigenvalue weighted by Gasteiger charge is -2.19. The van der Waals surface area contributed by atoms with Crippen LogP contribution in [0.3, 0.4) is 0 Å². The normalized spacial score (nSPS) is 14.2. The summed E-state index contributed by atoms with van der Waals surface area (Å²) in [5.41, 5.74) is -0.0568. The highest BCUT2D eigenvalue weighted by Crippen LogP contribution is 2.05. The largest absolute Gasteiger partial charge is 0.379 e. The van der Waals surface area contributed by atoms with Crippen LogP contribution in [0.4, 0.5) is 0 Å². The van der Waals surface area contributed by atoms with E-state index < -0.39 is 0 Å². The second-order valence-corrected chi connectivity index (χ2v) is 4.95. The summed E-state index contributed by atoms with van der Waals surface area (Å²) in [6, 6.07) is 0. The molecule has 3 nitrogen and oxygen atoms in total. The maximum absolute atomic E-state index is 5.55. The summed E-state index contributed by atoms with van der Waals surface area (Å²) in [5, 5.41) is 3.30. The van der Waals surface area contributed by atoms with Crippen molar-refractivity contribution >= 4 is 0 Å². The Labute approximate surface area is 94.5 Å². The molecule has 0 aromatic rings. The van der Waals surface area contributed by atoms with Gasteiger partial charge in [-0.2, -0.15) is 0 Å². The second-order valence-electron chi connectivity index (χ2n) is 4.95. The minimum Gasteiger partial charge on any atom is -0.379 e. The van der Waals surface area contributed by atoms with Crippen LogP contribution in [-0.2, 0) is 9.47 Å². The highest BCUT2D eigenvalue weighted by atomic mass is 16.5. The molecule has 0 aromatic heterocycles. The molecule has 1 atom stereocenters. The van der Waals surface area contributed by atoms with Crippen LogP contribution in [0.5, 0.6) is 0 Å². The van der Waals surface area contributed by atoms with Crippen LogP contribution in [0.15, 0.2) is 0 Å². The van der Waals surface area contributed by atoms with Crippen molar-refractivity contribution in [3.63, 3.8) is 0 Å². The molecule has 0 radical (unpaired) electrons. The van der Waals surface area contributed by atoms with Gasteiger partial charge in [0.25, 0.3) is 0 Å². The predicted octanol–water partition coefficient (Wildman–Crippen LogP) is 2.06. The highest BCUT2D eigenvalue weighted by Gasteiger charge is 2.09. The van der Waals surface area contributed by atoms with E-state index in [0.717, 1.165) is 19.7 Å². The van der Waals surface area contributed by atoms with E-state index in [2.05, 4.69) is 39.9 Å². The fourth-order valence-electron chi connectivity index (χ4n) is 1.14. The Morgan fingerprint density at radius 2 is 1.87 bits per heavy atom. The monoisotopic (exact) mass is 217 g/mol. The van der Waals surface area contributed by atoms with Crippen molar-refractivity contribution in [3.05, 3.63) is 0 Å². The van der Waals surface area contributed by atoms with E-state index in [1.54, 1.807) is 0 Å². The van der Waals surface area contributed by atoms with Crippen LogP contribution in [0.2, 0.25) is 0 Å². The molecule has 0 aliphatic rings. The van der Waals surface area contributed by atoms with Crippen molar-refractivity contribution in [1.82, 2.24) is 5.32 Å². The van der Waals surface area contributed by atoms with Gasteiger partial charge in [-0.05, 0) is 39.8 Å². The molecule has 0 bridgehead atoms. The van der Waals surface area contributed by atoms with Gasteiger partial charge in [0.15, 0.2) is 0 Å². The van der Waals surface area contributed by atoms with Gasteiger partial charge >= 0.3 is 0 Å². The third-order valence-corrected chi connectivity index (χ3v) is 1.91. The molecule has 0 heterocycles. The van der Waals surface area contributed by atoms with Crippen molar-refractivity contribution in [2.45, 2.75) is 40.2 Å². The molecular formula is C12H27NO2. The van der Waals surface area contributed by atoms with Crippen molar-refractivity contribution in [2.75, 3.05) is 32.9 Å². The summed E-state index contributed by atoms with van der Waals surface area (Å²) in [6.45, 7) is 14.7. The molecule has 0 amide bonds. The molecule has 15 heavy (non-hydrogen) atoms. The van der Waals surface area contributed by atoms with E-state index >= 15 is 0 Å². The van der Waals surface area contributed by atoms with Crippen LogP contribution >= 0.6 is 0 Å². The first-order valence-corrected chi connectivity index (χ1v) is 5.88. The maximum atomic E-state index is 5.55. The molecule has 0 rings (SSSR count). The molecule has 3 heteroatoms. The van der Waals surface area contributed by atoms with E-state index in [4.69, 9.17) is 9.47 Å². The van der Waals surface area contributed by atoms with Gasteiger partial charge in [0, 0.05) is 0 Å². The Bertz CT molecular complexity index is 143. The maximum Gasteiger partial charge on any atom is 0.0707 e. The summed E-state index contributed by atoms with van der Waals surface area (Å²) >= 11 is 0. The second kappa shape index (κ2) is 8.08. The summed E-state index contributed by atoms with van der Waals surface area (Å²) in [7, 11) is 0. The van der Waals surface area contributed by atoms with Crippen molar-refractivity contribution < 1.29 is 9.47 Å². The van der Waals surface area contributed by atoms with Gasteiger partial charge < -0.3 is 14.8 Å². The Morgan fingerprint density at radius 1 is 1.20 bits per heavy atom. The van der Waals surface area contributed by atoms with Crippen LogP contribution in [0.1, 0.15) is 34.6 Å². The van der Waals surface area contributed by atoms with Gasteiger partial charge in [-0.3, -0.25) is 0 Å². The molecule has 0 saturated heterocycles. The minimum atomic E-state index is -0.0568. The SMILES string of the molecule is CCNCC(C)COCCOC(C)(C)C. The summed E-state index contributed by atoms with van der Waals surface area (Å²) in [6.07, 6.45) is 0. The zero-order chi connectivity index (χ0) is 11.7. The van der Waals surface area contributed by atoms with E-state index in [0.29, 0.717) is 19.1 Å². The van der Waals surface area contributed by atoms with Crippen molar-refractivity contribution in [1.29, 1.82) is 0 Å². The summed E-state index contributed by atoms with van der Waals surface area (Å²) < 4.78 is 11.1. The molecule has 0 spiro atoms. The van der Waals surface area contributed by atoms with Crippen LogP contribution in [0, 0.1) is 5.92 Å². The van der Waals surface area contributed by atoms with Gasteiger partial charge in [0.1, 0.15) is 0 Å². The van der Waals surface area contributed by atoms with Gasteiger partial charge in [-0.1, -0.05) is 13.8 Å². The number of nitrogens with one attached hydrogen (secondary N) is 1. The fourth-order valence-corrected chi connectivity index (χ4v) is 1.14. The van der Waals surface area contributed by atoms with E-state index in [1.165, 1.54) is 0 Å². The average molecular weight is 217 g/mol.